The van der Waals surface area contributed by atoms with Gasteiger partial charge in [-0.15, -0.1) is 10.2 Å². The Morgan fingerprint density at radius 3 is 2.95 bits per heavy atom. The monoisotopic (exact) mass is 387 g/mol. The number of hydrogen-bond acceptors (Lipinski definition) is 6. The minimum absolute atomic E-state index is 0.117. The third-order valence-electron chi connectivity index (χ3n) is 2.44. The number of hydrogen-bond donors (Lipinski definition) is 1. The van der Waals surface area contributed by atoms with Crippen LogP contribution in [0, 0.1) is 6.92 Å². The Hall–Kier alpha value is -0.990. The molecule has 0 saturated carbocycles. The summed E-state index contributed by atoms with van der Waals surface area (Å²) in [6.07, 6.45) is 1.96. The second-order valence-corrected chi connectivity index (χ2v) is 6.86. The van der Waals surface area contributed by atoms with Gasteiger partial charge in [0.25, 0.3) is 5.22 Å². The van der Waals surface area contributed by atoms with E-state index in [4.69, 9.17) is 4.42 Å². The Kier molecular flexibility index (Phi) is 6.13. The van der Waals surface area contributed by atoms with Crippen LogP contribution in [0.2, 0.25) is 0 Å². The number of benzene rings is 1. The largest absolute Gasteiger partial charge is 0.415 e. The molecule has 1 aromatic heterocycles. The van der Waals surface area contributed by atoms with Gasteiger partial charge in [-0.05, 0) is 46.8 Å². The molecular formula is C13H14BrN3O2S2. The number of amides is 1. The first-order chi connectivity index (χ1) is 10.1. The molecular weight excluding hydrogens is 374 g/mol. The van der Waals surface area contributed by atoms with E-state index in [2.05, 4.69) is 31.4 Å². The van der Waals surface area contributed by atoms with Crippen LogP contribution in [0.4, 0.5) is 5.69 Å². The molecule has 0 bridgehead atoms. The van der Waals surface area contributed by atoms with Crippen molar-refractivity contribution in [3.8, 4) is 0 Å². The molecule has 0 atom stereocenters. The molecule has 0 fully saturated rings. The van der Waals surface area contributed by atoms with Gasteiger partial charge < -0.3 is 9.73 Å². The Morgan fingerprint density at radius 2 is 2.24 bits per heavy atom. The van der Waals surface area contributed by atoms with Gasteiger partial charge in [0, 0.05) is 4.47 Å². The summed E-state index contributed by atoms with van der Waals surface area (Å²) >= 11 is 6.26. The van der Waals surface area contributed by atoms with Crippen molar-refractivity contribution in [1.82, 2.24) is 10.2 Å². The van der Waals surface area contributed by atoms with E-state index in [0.717, 1.165) is 15.7 Å². The fraction of sp³-hybridized carbons (Fsp3) is 0.308. The molecule has 0 unspecified atom stereocenters. The van der Waals surface area contributed by atoms with Crippen LogP contribution in [-0.2, 0) is 10.5 Å². The molecule has 2 aromatic rings. The summed E-state index contributed by atoms with van der Waals surface area (Å²) in [5.41, 5.74) is 1.88. The number of aromatic nitrogens is 2. The molecule has 5 nitrogen and oxygen atoms in total. The highest BCUT2D eigenvalue weighted by Gasteiger charge is 2.10. The SMILES string of the molecule is CSCc1nnc(SCC(=O)Nc2ccc(C)cc2Br)o1. The smallest absolute Gasteiger partial charge is 0.277 e. The fourth-order valence-corrected chi connectivity index (χ4v) is 3.05. The van der Waals surface area contributed by atoms with Crippen molar-refractivity contribution in [2.24, 2.45) is 0 Å². The lowest BCUT2D eigenvalue weighted by Gasteiger charge is -2.07. The molecule has 0 aliphatic heterocycles. The van der Waals surface area contributed by atoms with Crippen molar-refractivity contribution in [2.75, 3.05) is 17.3 Å². The maximum Gasteiger partial charge on any atom is 0.277 e. The maximum absolute atomic E-state index is 11.9. The quantitative estimate of drug-likeness (QED) is 0.761. The Bertz CT molecular complexity index is 634. The van der Waals surface area contributed by atoms with Crippen LogP contribution in [0.5, 0.6) is 0 Å². The molecule has 1 N–H and O–H groups in total. The Morgan fingerprint density at radius 1 is 1.43 bits per heavy atom. The van der Waals surface area contributed by atoms with E-state index in [1.165, 1.54) is 11.8 Å². The van der Waals surface area contributed by atoms with Gasteiger partial charge >= 0.3 is 0 Å². The van der Waals surface area contributed by atoms with Crippen molar-refractivity contribution in [2.45, 2.75) is 17.9 Å². The van der Waals surface area contributed by atoms with Crippen molar-refractivity contribution >= 4 is 51.0 Å². The Labute approximate surface area is 139 Å². The molecule has 112 valence electrons. The van der Waals surface area contributed by atoms with E-state index < -0.39 is 0 Å². The van der Waals surface area contributed by atoms with Gasteiger partial charge in [0.15, 0.2) is 0 Å². The van der Waals surface area contributed by atoms with Crippen LogP contribution < -0.4 is 5.32 Å². The zero-order valence-electron chi connectivity index (χ0n) is 11.6. The standard InChI is InChI=1S/C13H14BrN3O2S2/c1-8-3-4-10(9(14)5-8)15-11(18)6-21-13-17-16-12(19-13)7-20-2/h3-5H,6-7H2,1-2H3,(H,15,18). The van der Waals surface area contributed by atoms with Crippen LogP contribution >= 0.6 is 39.5 Å². The van der Waals surface area contributed by atoms with E-state index in [9.17, 15) is 4.79 Å². The van der Waals surface area contributed by atoms with Crippen molar-refractivity contribution < 1.29 is 9.21 Å². The molecule has 21 heavy (non-hydrogen) atoms. The number of carbonyl (C=O) groups excluding carboxylic acids is 1. The van der Waals surface area contributed by atoms with E-state index in [0.29, 0.717) is 16.9 Å². The van der Waals surface area contributed by atoms with Crippen LogP contribution in [0.1, 0.15) is 11.5 Å². The topological polar surface area (TPSA) is 68.0 Å². The molecule has 2 rings (SSSR count). The minimum atomic E-state index is -0.117. The van der Waals surface area contributed by atoms with E-state index in [1.807, 2.05) is 31.4 Å². The van der Waals surface area contributed by atoms with E-state index >= 15 is 0 Å². The lowest BCUT2D eigenvalue weighted by atomic mass is 10.2. The van der Waals surface area contributed by atoms with Crippen molar-refractivity contribution in [3.63, 3.8) is 0 Å². The highest BCUT2D eigenvalue weighted by molar-refractivity contribution is 9.10. The summed E-state index contributed by atoms with van der Waals surface area (Å²) in [5, 5.41) is 11.0. The van der Waals surface area contributed by atoms with Gasteiger partial charge in [-0.2, -0.15) is 11.8 Å². The van der Waals surface area contributed by atoms with Gasteiger partial charge in [-0.3, -0.25) is 4.79 Å². The van der Waals surface area contributed by atoms with Crippen LogP contribution in [0.15, 0.2) is 32.3 Å². The normalized spacial score (nSPS) is 10.6. The predicted molar refractivity (Wildman–Crippen MR) is 89.7 cm³/mol. The number of thioether (sulfide) groups is 2. The summed E-state index contributed by atoms with van der Waals surface area (Å²) < 4.78 is 6.26. The van der Waals surface area contributed by atoms with Gasteiger partial charge in [-0.25, -0.2) is 0 Å². The van der Waals surface area contributed by atoms with E-state index in [1.54, 1.807) is 11.8 Å². The predicted octanol–water partition coefficient (Wildman–Crippen LogP) is 3.73. The number of nitrogens with one attached hydrogen (secondary N) is 1. The summed E-state index contributed by atoms with van der Waals surface area (Å²) in [5.74, 6) is 1.36. The minimum Gasteiger partial charge on any atom is -0.415 e. The molecule has 1 heterocycles. The van der Waals surface area contributed by atoms with Gasteiger partial charge in [-0.1, -0.05) is 17.8 Å². The highest BCUT2D eigenvalue weighted by atomic mass is 79.9. The van der Waals surface area contributed by atoms with Crippen LogP contribution in [0.3, 0.4) is 0 Å². The number of rotatable bonds is 6. The van der Waals surface area contributed by atoms with Crippen LogP contribution in [0.25, 0.3) is 0 Å². The first-order valence-electron chi connectivity index (χ1n) is 6.08. The molecule has 1 aromatic carbocycles. The second-order valence-electron chi connectivity index (χ2n) is 4.21. The third-order valence-corrected chi connectivity index (χ3v) is 4.45. The van der Waals surface area contributed by atoms with Crippen molar-refractivity contribution in [3.05, 3.63) is 34.1 Å². The first-order valence-corrected chi connectivity index (χ1v) is 9.26. The summed E-state index contributed by atoms with van der Waals surface area (Å²) in [6, 6.07) is 5.76. The lowest BCUT2D eigenvalue weighted by Crippen LogP contribution is -2.14. The molecule has 0 spiro atoms. The number of nitrogens with zero attached hydrogens (tertiary/aromatic N) is 2. The van der Waals surface area contributed by atoms with Gasteiger partial charge in [0.2, 0.25) is 11.8 Å². The lowest BCUT2D eigenvalue weighted by molar-refractivity contribution is -0.113. The molecule has 0 aliphatic carbocycles. The zero-order valence-corrected chi connectivity index (χ0v) is 14.8. The number of aryl methyl sites for hydroxylation is 1. The summed E-state index contributed by atoms with van der Waals surface area (Å²) in [7, 11) is 0. The summed E-state index contributed by atoms with van der Waals surface area (Å²) in [6.45, 7) is 1.99. The number of carbonyl (C=O) groups is 1. The first kappa shape index (κ1) is 16.4. The second kappa shape index (κ2) is 7.86. The molecule has 0 radical (unpaired) electrons. The van der Waals surface area contributed by atoms with Crippen molar-refractivity contribution in [1.29, 1.82) is 0 Å². The Balaban J connectivity index is 1.86. The highest BCUT2D eigenvalue weighted by Crippen LogP contribution is 2.24. The third kappa shape index (κ3) is 5.05. The molecule has 1 amide bonds. The average molecular weight is 388 g/mol. The average Bonchev–Trinajstić information content (AvgIpc) is 2.88. The summed E-state index contributed by atoms with van der Waals surface area (Å²) in [4.78, 5) is 11.9. The molecule has 8 heteroatoms. The number of anilines is 1. The number of halogens is 1. The maximum atomic E-state index is 11.9. The zero-order chi connectivity index (χ0) is 15.2. The van der Waals surface area contributed by atoms with Gasteiger partial charge in [0.05, 0.1) is 17.2 Å². The fourth-order valence-electron chi connectivity index (χ4n) is 1.51. The molecule has 0 aliphatic rings. The van der Waals surface area contributed by atoms with Crippen LogP contribution in [-0.4, -0.2) is 28.1 Å². The molecule has 0 saturated heterocycles. The van der Waals surface area contributed by atoms with E-state index in [-0.39, 0.29) is 11.7 Å². The van der Waals surface area contributed by atoms with Gasteiger partial charge in [0.1, 0.15) is 0 Å².